The summed E-state index contributed by atoms with van der Waals surface area (Å²) in [5, 5.41) is 3.07. The van der Waals surface area contributed by atoms with E-state index in [9.17, 15) is 4.79 Å². The summed E-state index contributed by atoms with van der Waals surface area (Å²) in [6, 6.07) is 1.97. The topological polar surface area (TPSA) is 68.3 Å². The Kier molecular flexibility index (Phi) is 4.30. The van der Waals surface area contributed by atoms with Gasteiger partial charge in [-0.05, 0) is 39.7 Å². The maximum atomic E-state index is 12.3. The van der Waals surface area contributed by atoms with Crippen LogP contribution in [-0.4, -0.2) is 11.9 Å². The number of carbonyl (C=O) groups excluding carboxylic acids is 1. The van der Waals surface area contributed by atoms with Crippen molar-refractivity contribution < 1.29 is 9.21 Å². The van der Waals surface area contributed by atoms with Gasteiger partial charge in [-0.2, -0.15) is 0 Å². The molecule has 0 radical (unpaired) electrons. The van der Waals surface area contributed by atoms with Crippen molar-refractivity contribution in [2.75, 3.05) is 0 Å². The first kappa shape index (κ1) is 14.1. The molecule has 2 rings (SSSR count). The molecule has 4 nitrogen and oxygen atoms in total. The van der Waals surface area contributed by atoms with Crippen molar-refractivity contribution in [1.82, 2.24) is 5.32 Å². The van der Waals surface area contributed by atoms with Crippen molar-refractivity contribution in [2.24, 2.45) is 11.7 Å². The number of nitrogens with two attached hydrogens (primary N) is 1. The molecule has 4 heteroatoms. The first-order valence-electron chi connectivity index (χ1n) is 7.12. The van der Waals surface area contributed by atoms with E-state index in [4.69, 9.17) is 10.2 Å². The molecule has 1 aliphatic carbocycles. The van der Waals surface area contributed by atoms with E-state index in [-0.39, 0.29) is 23.9 Å². The highest BCUT2D eigenvalue weighted by molar-refractivity contribution is 5.80. The highest BCUT2D eigenvalue weighted by Gasteiger charge is 2.29. The number of hydrogen-bond acceptors (Lipinski definition) is 3. The van der Waals surface area contributed by atoms with Gasteiger partial charge >= 0.3 is 0 Å². The molecule has 3 atom stereocenters. The lowest BCUT2D eigenvalue weighted by molar-refractivity contribution is -0.127. The van der Waals surface area contributed by atoms with Gasteiger partial charge in [0.15, 0.2) is 0 Å². The summed E-state index contributed by atoms with van der Waals surface area (Å²) in [6.07, 6.45) is 4.10. The number of rotatable bonds is 3. The van der Waals surface area contributed by atoms with Crippen molar-refractivity contribution in [3.05, 3.63) is 23.2 Å². The molecule has 3 unspecified atom stereocenters. The minimum Gasteiger partial charge on any atom is -0.466 e. The monoisotopic (exact) mass is 264 g/mol. The third-order valence-corrected chi connectivity index (χ3v) is 4.06. The molecule has 1 aromatic heterocycles. The third-order valence-electron chi connectivity index (χ3n) is 4.06. The standard InChI is InChI=1S/C15H24N2O2/c1-9-8-13(11(3)19-9)10(2)17-15(18)12-6-4-5-7-14(12)16/h8,10,12,14H,4-7,16H2,1-3H3,(H,17,18). The molecule has 0 spiro atoms. The molecule has 1 heterocycles. The molecule has 19 heavy (non-hydrogen) atoms. The van der Waals surface area contributed by atoms with Crippen LogP contribution in [0.2, 0.25) is 0 Å². The molecule has 1 aliphatic rings. The summed E-state index contributed by atoms with van der Waals surface area (Å²) < 4.78 is 5.51. The van der Waals surface area contributed by atoms with Gasteiger partial charge in [-0.3, -0.25) is 4.79 Å². The van der Waals surface area contributed by atoms with E-state index in [1.165, 1.54) is 0 Å². The predicted molar refractivity (Wildman–Crippen MR) is 74.7 cm³/mol. The van der Waals surface area contributed by atoms with Crippen LogP contribution in [0.4, 0.5) is 0 Å². The Balaban J connectivity index is 2.00. The second-order valence-corrected chi connectivity index (χ2v) is 5.65. The lowest BCUT2D eigenvalue weighted by atomic mass is 9.84. The first-order valence-corrected chi connectivity index (χ1v) is 7.12. The maximum absolute atomic E-state index is 12.3. The molecule has 1 fully saturated rings. The van der Waals surface area contributed by atoms with Crippen LogP contribution < -0.4 is 11.1 Å². The van der Waals surface area contributed by atoms with Crippen LogP contribution in [0.1, 0.15) is 55.7 Å². The average Bonchev–Trinajstić information content (AvgIpc) is 2.69. The fourth-order valence-corrected chi connectivity index (χ4v) is 2.96. The van der Waals surface area contributed by atoms with Crippen molar-refractivity contribution >= 4 is 5.91 Å². The minimum atomic E-state index is -0.0375. The highest BCUT2D eigenvalue weighted by Crippen LogP contribution is 2.25. The minimum absolute atomic E-state index is 0.00753. The molecule has 0 aliphatic heterocycles. The van der Waals surface area contributed by atoms with E-state index in [0.717, 1.165) is 42.8 Å². The zero-order chi connectivity index (χ0) is 14.0. The number of carbonyl (C=O) groups is 1. The number of furan rings is 1. The van der Waals surface area contributed by atoms with E-state index in [0.29, 0.717) is 0 Å². The summed E-state index contributed by atoms with van der Waals surface area (Å²) >= 11 is 0. The molecule has 3 N–H and O–H groups in total. The molecule has 1 amide bonds. The van der Waals surface area contributed by atoms with Gasteiger partial charge in [0.1, 0.15) is 11.5 Å². The predicted octanol–water partition coefficient (Wildman–Crippen LogP) is 2.59. The summed E-state index contributed by atoms with van der Waals surface area (Å²) in [6.45, 7) is 5.84. The van der Waals surface area contributed by atoms with Gasteiger partial charge in [-0.1, -0.05) is 12.8 Å². The molecule has 1 aromatic rings. The van der Waals surface area contributed by atoms with Crippen LogP contribution in [0, 0.1) is 19.8 Å². The Morgan fingerprint density at radius 1 is 1.42 bits per heavy atom. The zero-order valence-corrected chi connectivity index (χ0v) is 12.0. The molecule has 0 aromatic carbocycles. The second kappa shape index (κ2) is 5.78. The molecule has 0 bridgehead atoms. The van der Waals surface area contributed by atoms with E-state index in [1.54, 1.807) is 0 Å². The second-order valence-electron chi connectivity index (χ2n) is 5.65. The quantitative estimate of drug-likeness (QED) is 0.881. The van der Waals surface area contributed by atoms with Gasteiger partial charge in [0.25, 0.3) is 0 Å². The number of nitrogens with one attached hydrogen (secondary N) is 1. The highest BCUT2D eigenvalue weighted by atomic mass is 16.3. The SMILES string of the molecule is Cc1cc(C(C)NC(=O)C2CCCCC2N)c(C)o1. The summed E-state index contributed by atoms with van der Waals surface area (Å²) in [5.74, 6) is 1.80. The van der Waals surface area contributed by atoms with Gasteiger partial charge < -0.3 is 15.5 Å². The van der Waals surface area contributed by atoms with Crippen molar-refractivity contribution in [1.29, 1.82) is 0 Å². The smallest absolute Gasteiger partial charge is 0.225 e. The third kappa shape index (κ3) is 3.18. The Morgan fingerprint density at radius 3 is 2.68 bits per heavy atom. The van der Waals surface area contributed by atoms with Crippen LogP contribution in [0.5, 0.6) is 0 Å². The van der Waals surface area contributed by atoms with Crippen molar-refractivity contribution in [3.63, 3.8) is 0 Å². The van der Waals surface area contributed by atoms with E-state index in [1.807, 2.05) is 26.8 Å². The summed E-state index contributed by atoms with van der Waals surface area (Å²) in [4.78, 5) is 12.3. The lowest BCUT2D eigenvalue weighted by Crippen LogP contribution is -2.44. The zero-order valence-electron chi connectivity index (χ0n) is 12.0. The Morgan fingerprint density at radius 2 is 2.11 bits per heavy atom. The van der Waals surface area contributed by atoms with Crippen LogP contribution >= 0.6 is 0 Å². The Bertz CT molecular complexity index is 453. The van der Waals surface area contributed by atoms with Crippen molar-refractivity contribution in [2.45, 2.75) is 58.5 Å². The van der Waals surface area contributed by atoms with Gasteiger partial charge in [-0.15, -0.1) is 0 Å². The van der Waals surface area contributed by atoms with E-state index < -0.39 is 0 Å². The molecule has 0 saturated heterocycles. The largest absolute Gasteiger partial charge is 0.466 e. The van der Waals surface area contributed by atoms with E-state index >= 15 is 0 Å². The average molecular weight is 264 g/mol. The summed E-state index contributed by atoms with van der Waals surface area (Å²) in [7, 11) is 0. The molecular weight excluding hydrogens is 240 g/mol. The maximum Gasteiger partial charge on any atom is 0.225 e. The fourth-order valence-electron chi connectivity index (χ4n) is 2.96. The molecule has 106 valence electrons. The Hall–Kier alpha value is -1.29. The van der Waals surface area contributed by atoms with Gasteiger partial charge in [0.05, 0.1) is 12.0 Å². The van der Waals surface area contributed by atoms with E-state index in [2.05, 4.69) is 5.32 Å². The fraction of sp³-hybridized carbons (Fsp3) is 0.667. The van der Waals surface area contributed by atoms with Gasteiger partial charge in [0.2, 0.25) is 5.91 Å². The van der Waals surface area contributed by atoms with Crippen LogP contribution in [0.3, 0.4) is 0 Å². The van der Waals surface area contributed by atoms with Crippen molar-refractivity contribution in [3.8, 4) is 0 Å². The normalized spacial score (nSPS) is 25.1. The number of hydrogen-bond donors (Lipinski definition) is 2. The number of aryl methyl sites for hydroxylation is 2. The molecule has 1 saturated carbocycles. The van der Waals surface area contributed by atoms with Gasteiger partial charge in [0, 0.05) is 11.6 Å². The Labute approximate surface area is 114 Å². The van der Waals surface area contributed by atoms with Crippen LogP contribution in [0.25, 0.3) is 0 Å². The van der Waals surface area contributed by atoms with Crippen LogP contribution in [-0.2, 0) is 4.79 Å². The van der Waals surface area contributed by atoms with Crippen LogP contribution in [0.15, 0.2) is 10.5 Å². The lowest BCUT2D eigenvalue weighted by Gasteiger charge is -2.28. The van der Waals surface area contributed by atoms with Gasteiger partial charge in [-0.25, -0.2) is 0 Å². The summed E-state index contributed by atoms with van der Waals surface area (Å²) in [5.41, 5.74) is 7.10. The first-order chi connectivity index (χ1) is 8.99. The number of amides is 1. The molecular formula is C15H24N2O2.